The smallest absolute Gasteiger partial charge is 0.255 e. The van der Waals surface area contributed by atoms with Gasteiger partial charge in [-0.2, -0.15) is 0 Å². The lowest BCUT2D eigenvalue weighted by Crippen LogP contribution is -2.47. The van der Waals surface area contributed by atoms with Crippen LogP contribution in [0.4, 0.5) is 0 Å². The monoisotopic (exact) mass is 289 g/mol. The van der Waals surface area contributed by atoms with E-state index in [-0.39, 0.29) is 17.9 Å². The van der Waals surface area contributed by atoms with Gasteiger partial charge < -0.3 is 20.8 Å². The molecule has 0 saturated heterocycles. The number of carbonyl (C=O) groups is 2. The van der Waals surface area contributed by atoms with E-state index in [1.165, 1.54) is 6.26 Å². The van der Waals surface area contributed by atoms with Gasteiger partial charge in [0, 0.05) is 25.0 Å². The second-order valence-electron chi connectivity index (χ2n) is 6.56. The topological polar surface area (TPSA) is 97.4 Å². The van der Waals surface area contributed by atoms with Crippen LogP contribution in [0.1, 0.15) is 52.2 Å². The van der Waals surface area contributed by atoms with Crippen molar-refractivity contribution in [2.45, 2.75) is 44.2 Å². The number of aryl methyl sites for hydroxylation is 1. The van der Waals surface area contributed by atoms with Crippen molar-refractivity contribution in [1.29, 1.82) is 0 Å². The maximum atomic E-state index is 12.4. The maximum Gasteiger partial charge on any atom is 0.255 e. The molecule has 1 unspecified atom stereocenters. The van der Waals surface area contributed by atoms with Crippen molar-refractivity contribution in [3.05, 3.63) is 23.2 Å². The zero-order valence-corrected chi connectivity index (χ0v) is 11.8. The van der Waals surface area contributed by atoms with E-state index in [1.807, 2.05) is 0 Å². The minimum atomic E-state index is -0.217. The van der Waals surface area contributed by atoms with Gasteiger partial charge in [-0.3, -0.25) is 9.59 Å². The average Bonchev–Trinajstić information content (AvgIpc) is 2.96. The van der Waals surface area contributed by atoms with Crippen LogP contribution in [0.2, 0.25) is 0 Å². The Kier molecular flexibility index (Phi) is 2.66. The molecule has 2 aliphatic carbocycles. The molecule has 112 valence electrons. The van der Waals surface area contributed by atoms with Crippen LogP contribution in [0.5, 0.6) is 0 Å². The first-order valence-corrected chi connectivity index (χ1v) is 7.54. The molecule has 4 rings (SSSR count). The van der Waals surface area contributed by atoms with Crippen molar-refractivity contribution in [3.8, 4) is 0 Å². The van der Waals surface area contributed by atoms with Crippen molar-refractivity contribution < 1.29 is 14.0 Å². The molecule has 2 fully saturated rings. The predicted molar refractivity (Wildman–Crippen MR) is 74.9 cm³/mol. The molecule has 0 bridgehead atoms. The van der Waals surface area contributed by atoms with Crippen LogP contribution in [-0.2, 0) is 6.42 Å². The van der Waals surface area contributed by atoms with E-state index in [0.717, 1.165) is 25.7 Å². The number of nitrogens with one attached hydrogen (secondary N) is 2. The number of nitrogens with two attached hydrogens (primary N) is 1. The van der Waals surface area contributed by atoms with Gasteiger partial charge in [0.2, 0.25) is 0 Å². The predicted octanol–water partition coefficient (Wildman–Crippen LogP) is 0.565. The maximum absolute atomic E-state index is 12.4. The second-order valence-corrected chi connectivity index (χ2v) is 6.56. The summed E-state index contributed by atoms with van der Waals surface area (Å²) in [4.78, 5) is 24.4. The fourth-order valence-corrected chi connectivity index (χ4v) is 3.67. The van der Waals surface area contributed by atoms with Crippen LogP contribution in [0.25, 0.3) is 0 Å². The molecule has 6 nitrogen and oxygen atoms in total. The van der Waals surface area contributed by atoms with Gasteiger partial charge in [-0.15, -0.1) is 0 Å². The highest BCUT2D eigenvalue weighted by Gasteiger charge is 2.60. The molecule has 21 heavy (non-hydrogen) atoms. The summed E-state index contributed by atoms with van der Waals surface area (Å²) >= 11 is 0. The first-order valence-electron chi connectivity index (χ1n) is 7.54. The fourth-order valence-electron chi connectivity index (χ4n) is 3.67. The summed E-state index contributed by atoms with van der Waals surface area (Å²) in [5, 5.41) is 5.79. The summed E-state index contributed by atoms with van der Waals surface area (Å²) < 4.78 is 5.42. The Morgan fingerprint density at radius 1 is 1.43 bits per heavy atom. The first-order chi connectivity index (χ1) is 10.1. The molecule has 0 aromatic carbocycles. The highest BCUT2D eigenvalue weighted by molar-refractivity contribution is 6.08. The lowest BCUT2D eigenvalue weighted by Gasteiger charge is -2.36. The molecule has 2 saturated carbocycles. The Morgan fingerprint density at radius 3 is 2.90 bits per heavy atom. The van der Waals surface area contributed by atoms with Gasteiger partial charge >= 0.3 is 0 Å². The molecular weight excluding hydrogens is 270 g/mol. The van der Waals surface area contributed by atoms with Crippen molar-refractivity contribution in [2.75, 3.05) is 6.54 Å². The van der Waals surface area contributed by atoms with Crippen molar-refractivity contribution >= 4 is 11.8 Å². The second kappa shape index (κ2) is 4.34. The molecule has 1 aliphatic heterocycles. The lowest BCUT2D eigenvalue weighted by molar-refractivity contribution is 0.0861. The van der Waals surface area contributed by atoms with Gasteiger partial charge in [0.25, 0.3) is 11.8 Å². The van der Waals surface area contributed by atoms with E-state index in [1.54, 1.807) is 0 Å². The number of rotatable bonds is 2. The summed E-state index contributed by atoms with van der Waals surface area (Å²) in [6, 6.07) is 0.479. The minimum Gasteiger partial charge on any atom is -0.468 e. The zero-order valence-electron chi connectivity index (χ0n) is 11.8. The van der Waals surface area contributed by atoms with Crippen molar-refractivity contribution in [1.82, 2.24) is 10.6 Å². The normalized spacial score (nSPS) is 33.7. The molecule has 1 aromatic heterocycles. The summed E-state index contributed by atoms with van der Waals surface area (Å²) in [6.07, 6.45) is 5.89. The van der Waals surface area contributed by atoms with Crippen LogP contribution in [0, 0.1) is 5.41 Å². The summed E-state index contributed by atoms with van der Waals surface area (Å²) in [7, 11) is 0. The molecule has 4 N–H and O–H groups in total. The molecule has 2 amide bonds. The SMILES string of the molecule is NC1CC12CC(NC(=O)c1coc3c1C(=O)NCCC3)C2. The van der Waals surface area contributed by atoms with E-state index < -0.39 is 0 Å². The van der Waals surface area contributed by atoms with Gasteiger partial charge in [0.15, 0.2) is 0 Å². The summed E-state index contributed by atoms with van der Waals surface area (Å²) in [5.41, 5.74) is 6.95. The van der Waals surface area contributed by atoms with Gasteiger partial charge in [0.1, 0.15) is 12.0 Å². The van der Waals surface area contributed by atoms with E-state index in [4.69, 9.17) is 10.2 Å². The van der Waals surface area contributed by atoms with Crippen molar-refractivity contribution in [2.24, 2.45) is 11.1 Å². The third kappa shape index (κ3) is 1.97. The summed E-state index contributed by atoms with van der Waals surface area (Å²) in [5.74, 6) is 0.186. The van der Waals surface area contributed by atoms with Crippen molar-refractivity contribution in [3.63, 3.8) is 0 Å². The largest absolute Gasteiger partial charge is 0.468 e. The molecule has 3 aliphatic rings. The lowest BCUT2D eigenvalue weighted by atomic mass is 9.76. The van der Waals surface area contributed by atoms with Crippen LogP contribution < -0.4 is 16.4 Å². The van der Waals surface area contributed by atoms with E-state index in [2.05, 4.69) is 10.6 Å². The number of carbonyl (C=O) groups excluding carboxylic acids is 2. The minimum absolute atomic E-state index is 0.172. The quantitative estimate of drug-likeness (QED) is 0.741. The summed E-state index contributed by atoms with van der Waals surface area (Å²) in [6.45, 7) is 0.618. The third-order valence-corrected chi connectivity index (χ3v) is 5.10. The van der Waals surface area contributed by atoms with Gasteiger partial charge in [0.05, 0.1) is 11.1 Å². The third-order valence-electron chi connectivity index (χ3n) is 5.10. The molecule has 1 aromatic rings. The van der Waals surface area contributed by atoms with Gasteiger partial charge in [-0.05, 0) is 31.1 Å². The van der Waals surface area contributed by atoms with Gasteiger partial charge in [-0.25, -0.2) is 0 Å². The number of hydrogen-bond acceptors (Lipinski definition) is 4. The number of amides is 2. The molecule has 0 radical (unpaired) electrons. The van der Waals surface area contributed by atoms with Crippen LogP contribution in [0.15, 0.2) is 10.7 Å². The van der Waals surface area contributed by atoms with Crippen LogP contribution >= 0.6 is 0 Å². The Bertz CT molecular complexity index is 616. The Labute approximate surface area is 122 Å². The molecule has 6 heteroatoms. The number of fused-ring (bicyclic) bond motifs is 1. The van der Waals surface area contributed by atoms with Gasteiger partial charge in [-0.1, -0.05) is 0 Å². The number of hydrogen-bond donors (Lipinski definition) is 3. The number of furan rings is 1. The highest BCUT2D eigenvalue weighted by Crippen LogP contribution is 2.59. The molecule has 1 atom stereocenters. The first kappa shape index (κ1) is 12.9. The standard InChI is InChI=1S/C15H19N3O3/c16-11-6-15(11)4-8(5-15)18-13(19)9-7-21-10-2-1-3-17-14(20)12(9)10/h7-8,11H,1-6,16H2,(H,17,20)(H,18,19). The average molecular weight is 289 g/mol. The zero-order chi connectivity index (χ0) is 14.6. The molecule has 1 spiro atoms. The van der Waals surface area contributed by atoms with Crippen LogP contribution in [-0.4, -0.2) is 30.4 Å². The Morgan fingerprint density at radius 2 is 2.19 bits per heavy atom. The highest BCUT2D eigenvalue weighted by atomic mass is 16.3. The van der Waals surface area contributed by atoms with E-state index >= 15 is 0 Å². The van der Waals surface area contributed by atoms with E-state index in [0.29, 0.717) is 41.3 Å². The fraction of sp³-hybridized carbons (Fsp3) is 0.600. The van der Waals surface area contributed by atoms with Crippen LogP contribution in [0.3, 0.4) is 0 Å². The molecular formula is C15H19N3O3. The molecule has 2 heterocycles. The Hall–Kier alpha value is -1.82. The Balaban J connectivity index is 1.48. The van der Waals surface area contributed by atoms with E-state index in [9.17, 15) is 9.59 Å².